The van der Waals surface area contributed by atoms with Gasteiger partial charge in [-0.05, 0) is 169 Å². The standard InChI is InChI=1S/C55H42O18S6/c1-3-49(36-10-22-44(23-11-36)75(59,60)61)53(52(39-16-28-47(29-17-39)78(68,69)70)34(2)35-8-20-43(21-9-35)74(56,57)58)40-4-6-41(7-5-40)54-50(37-12-24-45(25-13-37)76(62,63)64)32-33-51(38-14-26-46(27-15-38)77(65,66)67)55(54)42-18-30-48(31-19-42)79(71,72)73/h3-33H,1H2,2H3,(H,56,57,58)(H,59,60,61)(H,62,63,64)(H,65,66,67)(H,68,69,70)(H,71,72,73)/b52-34+,53-49+. The fraction of sp³-hybridized carbons (Fsp3) is 0.0182. The molecule has 406 valence electrons. The molecule has 0 unspecified atom stereocenters. The number of rotatable bonds is 16. The average Bonchev–Trinajstić information content (AvgIpc) is 3.39. The van der Waals surface area contributed by atoms with E-state index in [9.17, 15) is 77.8 Å². The lowest BCUT2D eigenvalue weighted by molar-refractivity contribution is 0.481. The molecule has 0 heterocycles. The van der Waals surface area contributed by atoms with Gasteiger partial charge in [-0.15, -0.1) is 0 Å². The molecule has 0 aliphatic rings. The van der Waals surface area contributed by atoms with Crippen molar-refractivity contribution in [2.45, 2.75) is 36.3 Å². The molecule has 0 saturated heterocycles. The molecular weight excluding hydrogens is 1140 g/mol. The van der Waals surface area contributed by atoms with Crippen LogP contribution in [0.5, 0.6) is 0 Å². The molecule has 8 aromatic rings. The minimum atomic E-state index is -4.72. The predicted octanol–water partition coefficient (Wildman–Crippen LogP) is 10.6. The molecule has 0 atom stereocenters. The van der Waals surface area contributed by atoms with Gasteiger partial charge in [0.15, 0.2) is 0 Å². The topological polar surface area (TPSA) is 326 Å². The van der Waals surface area contributed by atoms with E-state index in [0.717, 1.165) is 48.5 Å². The van der Waals surface area contributed by atoms with Crippen LogP contribution in [0.15, 0.2) is 224 Å². The normalized spacial score (nSPS) is 13.3. The summed E-state index contributed by atoms with van der Waals surface area (Å²) >= 11 is 0. The van der Waals surface area contributed by atoms with Gasteiger partial charge in [0.2, 0.25) is 0 Å². The molecule has 0 aliphatic carbocycles. The second-order valence-corrected chi connectivity index (χ2v) is 26.0. The minimum absolute atomic E-state index is 0.312. The SMILES string of the molecule is C=C/C(=C(\C(=C(/C)c1ccc(S(=O)(=O)O)cc1)c1ccc(S(=O)(=O)O)cc1)c1ccc(-c2c(-c3ccc(S(=O)(=O)O)cc3)ccc(-c3ccc(S(=O)(=O)O)cc3)c2-c2ccc(S(=O)(=O)O)cc2)cc1)c1ccc(S(=O)(=O)O)cc1. The molecule has 0 aliphatic heterocycles. The Balaban J connectivity index is 1.48. The number of allylic oxidation sites excluding steroid dienone is 5. The van der Waals surface area contributed by atoms with E-state index in [4.69, 9.17) is 0 Å². The fourth-order valence-corrected chi connectivity index (χ4v) is 11.7. The first-order valence-electron chi connectivity index (χ1n) is 22.7. The van der Waals surface area contributed by atoms with Gasteiger partial charge in [-0.3, -0.25) is 27.3 Å². The summed E-state index contributed by atoms with van der Waals surface area (Å²) in [5.74, 6) is 0. The second-order valence-electron chi connectivity index (χ2n) is 17.5. The fourth-order valence-electron chi connectivity index (χ4n) is 8.86. The number of hydrogen-bond acceptors (Lipinski definition) is 12. The van der Waals surface area contributed by atoms with Crippen LogP contribution in [-0.2, 0) is 60.7 Å². The molecule has 18 nitrogen and oxygen atoms in total. The smallest absolute Gasteiger partial charge is 0.282 e. The molecule has 0 spiro atoms. The van der Waals surface area contributed by atoms with Crippen LogP contribution in [0.1, 0.15) is 29.2 Å². The summed E-state index contributed by atoms with van der Waals surface area (Å²) in [5.41, 5.74) is 5.95. The summed E-state index contributed by atoms with van der Waals surface area (Å²) in [6.45, 7) is 5.76. The largest absolute Gasteiger partial charge is 0.294 e. The molecule has 8 rings (SSSR count). The van der Waals surface area contributed by atoms with Crippen molar-refractivity contribution in [2.75, 3.05) is 0 Å². The van der Waals surface area contributed by atoms with Crippen molar-refractivity contribution in [1.82, 2.24) is 0 Å². The first-order chi connectivity index (χ1) is 36.8. The van der Waals surface area contributed by atoms with Gasteiger partial charge in [0.25, 0.3) is 60.7 Å². The molecule has 0 aromatic heterocycles. The molecule has 79 heavy (non-hydrogen) atoms. The van der Waals surface area contributed by atoms with Crippen LogP contribution in [0.3, 0.4) is 0 Å². The summed E-state index contributed by atoms with van der Waals surface area (Å²) < 4.78 is 206. The summed E-state index contributed by atoms with van der Waals surface area (Å²) in [7, 11) is -28.1. The van der Waals surface area contributed by atoms with Gasteiger partial charge >= 0.3 is 0 Å². The minimum Gasteiger partial charge on any atom is -0.282 e. The van der Waals surface area contributed by atoms with Gasteiger partial charge in [-0.25, -0.2) is 0 Å². The Labute approximate surface area is 455 Å². The lowest BCUT2D eigenvalue weighted by Crippen LogP contribution is -2.02. The van der Waals surface area contributed by atoms with E-state index in [1.165, 1.54) is 103 Å². The lowest BCUT2D eigenvalue weighted by Gasteiger charge is -2.23. The highest BCUT2D eigenvalue weighted by Crippen LogP contribution is 2.48. The Morgan fingerprint density at radius 3 is 0.823 bits per heavy atom. The molecule has 0 bridgehead atoms. The summed E-state index contributed by atoms with van der Waals surface area (Å²) in [6, 6.07) is 40.9. The molecule has 0 radical (unpaired) electrons. The highest BCUT2D eigenvalue weighted by molar-refractivity contribution is 7.87. The zero-order valence-corrected chi connectivity index (χ0v) is 45.5. The van der Waals surface area contributed by atoms with Crippen molar-refractivity contribution >= 4 is 83.0 Å². The second kappa shape index (κ2) is 21.6. The maximum Gasteiger partial charge on any atom is 0.294 e. The molecule has 8 aromatic carbocycles. The third kappa shape index (κ3) is 12.7. The Hall–Kier alpha value is -7.56. The van der Waals surface area contributed by atoms with Crippen molar-refractivity contribution in [3.8, 4) is 44.5 Å². The van der Waals surface area contributed by atoms with E-state index in [1.807, 2.05) is 0 Å². The Morgan fingerprint density at radius 1 is 0.304 bits per heavy atom. The zero-order valence-electron chi connectivity index (χ0n) is 40.6. The van der Waals surface area contributed by atoms with Crippen LogP contribution in [0.4, 0.5) is 0 Å². The van der Waals surface area contributed by atoms with Crippen LogP contribution in [0.25, 0.3) is 66.8 Å². The quantitative estimate of drug-likeness (QED) is 0.0297. The Kier molecular flexibility index (Phi) is 15.7. The van der Waals surface area contributed by atoms with Crippen LogP contribution >= 0.6 is 0 Å². The van der Waals surface area contributed by atoms with Crippen LogP contribution in [0, 0.1) is 0 Å². The third-order valence-corrected chi connectivity index (χ3v) is 17.8. The van der Waals surface area contributed by atoms with Crippen LogP contribution < -0.4 is 0 Å². The van der Waals surface area contributed by atoms with Crippen molar-refractivity contribution in [3.05, 3.63) is 217 Å². The van der Waals surface area contributed by atoms with Gasteiger partial charge < -0.3 is 0 Å². The molecule has 24 heteroatoms. The van der Waals surface area contributed by atoms with Crippen molar-refractivity contribution < 1.29 is 77.8 Å². The van der Waals surface area contributed by atoms with Gasteiger partial charge in [0, 0.05) is 0 Å². The maximum absolute atomic E-state index is 12.3. The highest BCUT2D eigenvalue weighted by atomic mass is 32.2. The van der Waals surface area contributed by atoms with Crippen molar-refractivity contribution in [3.63, 3.8) is 0 Å². The molecule has 0 saturated carbocycles. The number of benzene rings is 8. The summed E-state index contributed by atoms with van der Waals surface area (Å²) in [4.78, 5) is -2.64. The first-order valence-corrected chi connectivity index (χ1v) is 31.3. The van der Waals surface area contributed by atoms with Crippen LogP contribution in [0.2, 0.25) is 0 Å². The Morgan fingerprint density at radius 2 is 0.532 bits per heavy atom. The third-order valence-electron chi connectivity index (χ3n) is 12.6. The monoisotopic (exact) mass is 1180 g/mol. The zero-order chi connectivity index (χ0) is 57.6. The van der Waals surface area contributed by atoms with Crippen LogP contribution in [-0.4, -0.2) is 77.8 Å². The number of hydrogen-bond donors (Lipinski definition) is 6. The van der Waals surface area contributed by atoms with Gasteiger partial charge in [-0.1, -0.05) is 122 Å². The predicted molar refractivity (Wildman–Crippen MR) is 296 cm³/mol. The van der Waals surface area contributed by atoms with E-state index in [0.29, 0.717) is 89.1 Å². The van der Waals surface area contributed by atoms with E-state index < -0.39 is 90.1 Å². The maximum atomic E-state index is 12.3. The van der Waals surface area contributed by atoms with E-state index in [1.54, 1.807) is 43.3 Å². The van der Waals surface area contributed by atoms with Crippen molar-refractivity contribution in [2.24, 2.45) is 0 Å². The molecule has 6 N–H and O–H groups in total. The molecule has 0 amide bonds. The van der Waals surface area contributed by atoms with E-state index >= 15 is 0 Å². The van der Waals surface area contributed by atoms with Gasteiger partial charge in [-0.2, -0.15) is 50.5 Å². The van der Waals surface area contributed by atoms with E-state index in [2.05, 4.69) is 6.58 Å². The van der Waals surface area contributed by atoms with E-state index in [-0.39, 0.29) is 0 Å². The average molecular weight is 1180 g/mol. The first kappa shape index (κ1) is 57.6. The molecule has 0 fully saturated rings. The molecular formula is C55H42O18S6. The Bertz CT molecular complexity index is 4500. The summed E-state index contributed by atoms with van der Waals surface area (Å²) in [5, 5.41) is 0. The summed E-state index contributed by atoms with van der Waals surface area (Å²) in [6.07, 6.45) is 1.45. The van der Waals surface area contributed by atoms with Gasteiger partial charge in [0.05, 0.1) is 29.4 Å². The highest BCUT2D eigenvalue weighted by Gasteiger charge is 2.25. The van der Waals surface area contributed by atoms with Crippen molar-refractivity contribution in [1.29, 1.82) is 0 Å². The van der Waals surface area contributed by atoms with Gasteiger partial charge in [0.1, 0.15) is 0 Å². The lowest BCUT2D eigenvalue weighted by atomic mass is 9.80.